The van der Waals surface area contributed by atoms with Crippen molar-refractivity contribution in [3.8, 4) is 0 Å². The van der Waals surface area contributed by atoms with Crippen molar-refractivity contribution in [3.05, 3.63) is 11.6 Å². The Hall–Kier alpha value is -0.750. The van der Waals surface area contributed by atoms with E-state index in [4.69, 9.17) is 4.74 Å². The fourth-order valence-corrected chi connectivity index (χ4v) is 3.33. The molecular formula is C16H30IN5O2S2. The van der Waals surface area contributed by atoms with Crippen LogP contribution in [0.2, 0.25) is 0 Å². The van der Waals surface area contributed by atoms with Gasteiger partial charge in [-0.1, -0.05) is 11.8 Å². The summed E-state index contributed by atoms with van der Waals surface area (Å²) in [6.07, 6.45) is 2.40. The lowest BCUT2D eigenvalue weighted by molar-refractivity contribution is 0.0529. The number of aliphatic imine (C=N–C) groups is 1. The first kappa shape index (κ1) is 25.2. The van der Waals surface area contributed by atoms with Gasteiger partial charge in [-0.2, -0.15) is 0 Å². The van der Waals surface area contributed by atoms with Crippen LogP contribution in [0.5, 0.6) is 0 Å². The number of amides is 1. The molecule has 3 N–H and O–H groups in total. The first-order valence-corrected chi connectivity index (χ1v) is 10.3. The third-order valence-corrected chi connectivity index (χ3v) is 4.69. The van der Waals surface area contributed by atoms with Gasteiger partial charge in [0.2, 0.25) is 0 Å². The van der Waals surface area contributed by atoms with Gasteiger partial charge in [0, 0.05) is 43.5 Å². The largest absolute Gasteiger partial charge is 0.444 e. The fraction of sp³-hybridized carbons (Fsp3) is 0.688. The number of guanidine groups is 1. The Morgan fingerprint density at radius 1 is 1.31 bits per heavy atom. The molecule has 1 aromatic rings. The molecule has 0 aliphatic rings. The number of thioether (sulfide) groups is 1. The maximum absolute atomic E-state index is 11.6. The van der Waals surface area contributed by atoms with Crippen LogP contribution in [0, 0.1) is 0 Å². The number of carbonyl (C=O) groups is 1. The standard InChI is InChI=1S/C16H29N5O2S2.HI/c1-5-17-13(18-7-6-11-24-15-21-10-12-25-15)19-8-9-20-14(22)23-16(2,3)4;/h10,12H,5-9,11H2,1-4H3,(H,20,22)(H2,17,18,19);1H. The highest BCUT2D eigenvalue weighted by molar-refractivity contribution is 14.0. The van der Waals surface area contributed by atoms with Crippen molar-refractivity contribution in [2.45, 2.75) is 44.1 Å². The van der Waals surface area contributed by atoms with Crippen molar-refractivity contribution in [2.24, 2.45) is 4.99 Å². The quantitative estimate of drug-likeness (QED) is 0.154. The number of thiazole rings is 1. The Kier molecular flexibility index (Phi) is 13.9. The van der Waals surface area contributed by atoms with E-state index in [0.717, 1.165) is 35.6 Å². The minimum Gasteiger partial charge on any atom is -0.444 e. The summed E-state index contributed by atoms with van der Waals surface area (Å²) >= 11 is 3.42. The average Bonchev–Trinajstić information content (AvgIpc) is 3.02. The van der Waals surface area contributed by atoms with Crippen LogP contribution in [-0.4, -0.2) is 54.6 Å². The SMILES string of the molecule is CCNC(=NCCCSc1nccs1)NCCNC(=O)OC(C)(C)C.I. The molecule has 1 heterocycles. The van der Waals surface area contributed by atoms with Gasteiger partial charge in [-0.05, 0) is 34.1 Å². The van der Waals surface area contributed by atoms with E-state index < -0.39 is 11.7 Å². The molecule has 0 saturated heterocycles. The molecule has 0 aromatic carbocycles. The lowest BCUT2D eigenvalue weighted by Crippen LogP contribution is -2.42. The number of aromatic nitrogens is 1. The average molecular weight is 515 g/mol. The number of ether oxygens (including phenoxy) is 1. The highest BCUT2D eigenvalue weighted by Gasteiger charge is 2.15. The van der Waals surface area contributed by atoms with Crippen LogP contribution in [0.3, 0.4) is 0 Å². The van der Waals surface area contributed by atoms with Crippen LogP contribution in [-0.2, 0) is 4.74 Å². The number of nitrogens with one attached hydrogen (secondary N) is 3. The number of halogens is 1. The number of alkyl carbamates (subject to hydrolysis) is 1. The van der Waals surface area contributed by atoms with Crippen molar-refractivity contribution in [3.63, 3.8) is 0 Å². The lowest BCUT2D eigenvalue weighted by Gasteiger charge is -2.19. The van der Waals surface area contributed by atoms with E-state index in [1.54, 1.807) is 23.1 Å². The van der Waals surface area contributed by atoms with Crippen molar-refractivity contribution in [1.82, 2.24) is 20.9 Å². The van der Waals surface area contributed by atoms with Gasteiger partial charge in [0.15, 0.2) is 5.96 Å². The predicted octanol–water partition coefficient (Wildman–Crippen LogP) is 3.32. The molecule has 0 fully saturated rings. The van der Waals surface area contributed by atoms with Gasteiger partial charge in [-0.15, -0.1) is 35.3 Å². The summed E-state index contributed by atoms with van der Waals surface area (Å²) in [5.41, 5.74) is -0.482. The molecule has 10 heteroatoms. The molecule has 0 aliphatic carbocycles. The molecule has 0 atom stereocenters. The third-order valence-electron chi connectivity index (χ3n) is 2.64. The zero-order valence-electron chi connectivity index (χ0n) is 15.8. The summed E-state index contributed by atoms with van der Waals surface area (Å²) in [4.78, 5) is 20.3. The Morgan fingerprint density at radius 2 is 2.04 bits per heavy atom. The Labute approximate surface area is 181 Å². The second kappa shape index (κ2) is 14.3. The van der Waals surface area contributed by atoms with E-state index in [9.17, 15) is 4.79 Å². The molecule has 1 amide bonds. The number of nitrogens with zero attached hydrogens (tertiary/aromatic N) is 2. The maximum Gasteiger partial charge on any atom is 0.407 e. The third kappa shape index (κ3) is 13.5. The fourth-order valence-electron chi connectivity index (χ4n) is 1.70. The molecule has 0 saturated carbocycles. The normalized spacial score (nSPS) is 11.5. The molecule has 1 aromatic heterocycles. The summed E-state index contributed by atoms with van der Waals surface area (Å²) in [5, 5.41) is 11.1. The molecule has 0 aliphatic heterocycles. The molecule has 0 radical (unpaired) electrons. The zero-order valence-corrected chi connectivity index (χ0v) is 19.8. The van der Waals surface area contributed by atoms with Crippen LogP contribution in [0.15, 0.2) is 20.9 Å². The van der Waals surface area contributed by atoms with E-state index >= 15 is 0 Å². The van der Waals surface area contributed by atoms with Gasteiger partial charge >= 0.3 is 6.09 Å². The predicted molar refractivity (Wildman–Crippen MR) is 121 cm³/mol. The van der Waals surface area contributed by atoms with Gasteiger partial charge in [0.05, 0.1) is 0 Å². The molecule has 150 valence electrons. The van der Waals surface area contributed by atoms with E-state index in [2.05, 4.69) is 25.9 Å². The smallest absolute Gasteiger partial charge is 0.407 e. The first-order valence-electron chi connectivity index (χ1n) is 8.42. The molecule has 0 spiro atoms. The lowest BCUT2D eigenvalue weighted by atomic mass is 10.2. The van der Waals surface area contributed by atoms with Gasteiger partial charge < -0.3 is 20.7 Å². The minimum absolute atomic E-state index is 0. The Balaban J connectivity index is 0.00000625. The van der Waals surface area contributed by atoms with Crippen LogP contribution in [0.4, 0.5) is 4.79 Å². The highest BCUT2D eigenvalue weighted by atomic mass is 127. The number of carbonyl (C=O) groups excluding carboxylic acids is 1. The van der Waals surface area contributed by atoms with Crippen molar-refractivity contribution < 1.29 is 9.53 Å². The van der Waals surface area contributed by atoms with Crippen LogP contribution in [0.1, 0.15) is 34.1 Å². The van der Waals surface area contributed by atoms with Gasteiger partial charge in [0.1, 0.15) is 9.94 Å². The van der Waals surface area contributed by atoms with Crippen molar-refractivity contribution in [2.75, 3.05) is 31.9 Å². The van der Waals surface area contributed by atoms with Crippen LogP contribution >= 0.6 is 47.1 Å². The summed E-state index contributed by atoms with van der Waals surface area (Å²) in [7, 11) is 0. The van der Waals surface area contributed by atoms with E-state index in [1.807, 2.05) is 39.3 Å². The van der Waals surface area contributed by atoms with Crippen molar-refractivity contribution >= 4 is 59.1 Å². The topological polar surface area (TPSA) is 87.6 Å². The van der Waals surface area contributed by atoms with Crippen LogP contribution in [0.25, 0.3) is 0 Å². The van der Waals surface area contributed by atoms with E-state index in [0.29, 0.717) is 13.1 Å². The summed E-state index contributed by atoms with van der Waals surface area (Å²) in [5.74, 6) is 1.75. The number of rotatable bonds is 9. The summed E-state index contributed by atoms with van der Waals surface area (Å²) < 4.78 is 6.28. The van der Waals surface area contributed by atoms with Gasteiger partial charge in [0.25, 0.3) is 0 Å². The van der Waals surface area contributed by atoms with Gasteiger partial charge in [-0.25, -0.2) is 9.78 Å². The van der Waals surface area contributed by atoms with E-state index in [1.165, 1.54) is 0 Å². The number of hydrogen-bond donors (Lipinski definition) is 3. The minimum atomic E-state index is -0.482. The summed E-state index contributed by atoms with van der Waals surface area (Å²) in [6.45, 7) is 10.1. The molecule has 1 rings (SSSR count). The first-order chi connectivity index (χ1) is 11.9. The Bertz CT molecular complexity index is 521. The highest BCUT2D eigenvalue weighted by Crippen LogP contribution is 2.20. The molecule has 7 nitrogen and oxygen atoms in total. The second-order valence-electron chi connectivity index (χ2n) is 6.12. The van der Waals surface area contributed by atoms with Gasteiger partial charge in [-0.3, -0.25) is 4.99 Å². The van der Waals surface area contributed by atoms with E-state index in [-0.39, 0.29) is 24.0 Å². The summed E-state index contributed by atoms with van der Waals surface area (Å²) in [6, 6.07) is 0. The Morgan fingerprint density at radius 3 is 2.65 bits per heavy atom. The van der Waals surface area contributed by atoms with Crippen LogP contribution < -0.4 is 16.0 Å². The molecule has 26 heavy (non-hydrogen) atoms. The number of hydrogen-bond acceptors (Lipinski definition) is 6. The molecule has 0 bridgehead atoms. The molecular weight excluding hydrogens is 485 g/mol. The second-order valence-corrected chi connectivity index (χ2v) is 8.35. The molecule has 0 unspecified atom stereocenters. The van der Waals surface area contributed by atoms with Crippen molar-refractivity contribution in [1.29, 1.82) is 0 Å². The zero-order chi connectivity index (χ0) is 18.5. The monoisotopic (exact) mass is 515 g/mol. The maximum atomic E-state index is 11.6.